The maximum Gasteiger partial charge on any atom is 0.326 e. The van der Waals surface area contributed by atoms with Crippen molar-refractivity contribution in [2.75, 3.05) is 0 Å². The summed E-state index contributed by atoms with van der Waals surface area (Å²) in [6.45, 7) is 1.59. The van der Waals surface area contributed by atoms with Gasteiger partial charge in [0.2, 0.25) is 0 Å². The number of carboxylic acids is 1. The van der Waals surface area contributed by atoms with Crippen molar-refractivity contribution < 1.29 is 14.7 Å². The molecule has 1 aliphatic carbocycles. The molecular weight excluding hydrogens is 362 g/mol. The Hall–Kier alpha value is -2.33. The van der Waals surface area contributed by atoms with E-state index >= 15 is 0 Å². The zero-order valence-corrected chi connectivity index (χ0v) is 16.2. The fourth-order valence-electron chi connectivity index (χ4n) is 3.78. The SMILES string of the molecule is CC(C(=O)O)N(C(=O)c1ccc(Cl)c(-c2ccccc2)c1)C1CCCCC1. The number of amides is 1. The van der Waals surface area contributed by atoms with Gasteiger partial charge in [0.1, 0.15) is 6.04 Å². The monoisotopic (exact) mass is 385 g/mol. The van der Waals surface area contributed by atoms with Crippen molar-refractivity contribution >= 4 is 23.5 Å². The number of aliphatic carboxylic acids is 1. The maximum atomic E-state index is 13.3. The molecule has 1 atom stereocenters. The summed E-state index contributed by atoms with van der Waals surface area (Å²) < 4.78 is 0. The van der Waals surface area contributed by atoms with Crippen LogP contribution >= 0.6 is 11.6 Å². The number of carboxylic acid groups (broad SMARTS) is 1. The second kappa shape index (κ2) is 8.57. The van der Waals surface area contributed by atoms with Gasteiger partial charge < -0.3 is 10.0 Å². The van der Waals surface area contributed by atoms with Gasteiger partial charge in [-0.1, -0.05) is 61.2 Å². The molecule has 0 bridgehead atoms. The van der Waals surface area contributed by atoms with Crippen LogP contribution in [0, 0.1) is 0 Å². The molecule has 0 aliphatic heterocycles. The van der Waals surface area contributed by atoms with Gasteiger partial charge in [-0.2, -0.15) is 0 Å². The summed E-state index contributed by atoms with van der Waals surface area (Å²) in [4.78, 5) is 26.5. The first-order valence-electron chi connectivity index (χ1n) is 9.39. The van der Waals surface area contributed by atoms with Crippen LogP contribution in [0.4, 0.5) is 0 Å². The Morgan fingerprint density at radius 2 is 1.74 bits per heavy atom. The van der Waals surface area contributed by atoms with Crippen LogP contribution in [0.1, 0.15) is 49.4 Å². The third-order valence-corrected chi connectivity index (χ3v) is 5.60. The molecule has 0 spiro atoms. The lowest BCUT2D eigenvalue weighted by atomic mass is 9.92. The highest BCUT2D eigenvalue weighted by Gasteiger charge is 2.33. The predicted octanol–water partition coefficient (Wildman–Crippen LogP) is 5.26. The zero-order chi connectivity index (χ0) is 19.4. The Kier molecular flexibility index (Phi) is 6.17. The van der Waals surface area contributed by atoms with Crippen molar-refractivity contribution in [2.45, 2.75) is 51.1 Å². The van der Waals surface area contributed by atoms with Crippen LogP contribution in [0.3, 0.4) is 0 Å². The Bertz CT molecular complexity index is 816. The Morgan fingerprint density at radius 3 is 2.37 bits per heavy atom. The topological polar surface area (TPSA) is 57.6 Å². The van der Waals surface area contributed by atoms with Crippen LogP contribution in [0.5, 0.6) is 0 Å². The van der Waals surface area contributed by atoms with Gasteiger partial charge in [0.25, 0.3) is 5.91 Å². The first-order chi connectivity index (χ1) is 13.0. The minimum absolute atomic E-state index is 0.0341. The first-order valence-corrected chi connectivity index (χ1v) is 9.77. The molecule has 2 aromatic rings. The summed E-state index contributed by atoms with van der Waals surface area (Å²) in [5.41, 5.74) is 2.17. The summed E-state index contributed by atoms with van der Waals surface area (Å²) in [7, 11) is 0. The second-order valence-electron chi connectivity index (χ2n) is 7.08. The van der Waals surface area contributed by atoms with Gasteiger partial charge >= 0.3 is 5.97 Å². The normalized spacial score (nSPS) is 15.9. The van der Waals surface area contributed by atoms with E-state index in [-0.39, 0.29) is 11.9 Å². The quantitative estimate of drug-likeness (QED) is 0.764. The summed E-state index contributed by atoms with van der Waals surface area (Å²) in [6.07, 6.45) is 4.89. The summed E-state index contributed by atoms with van der Waals surface area (Å²) in [5, 5.41) is 10.1. The molecule has 1 saturated carbocycles. The standard InChI is InChI=1S/C22H24ClNO3/c1-15(22(26)27)24(18-10-6-3-7-11-18)21(25)17-12-13-20(23)19(14-17)16-8-4-2-5-9-16/h2,4-5,8-9,12-15,18H,3,6-7,10-11H2,1H3,(H,26,27). The van der Waals surface area contributed by atoms with Crippen molar-refractivity contribution in [1.82, 2.24) is 4.90 Å². The highest BCUT2D eigenvalue weighted by atomic mass is 35.5. The molecule has 1 unspecified atom stereocenters. The van der Waals surface area contributed by atoms with E-state index in [2.05, 4.69) is 0 Å². The molecule has 2 aromatic carbocycles. The third-order valence-electron chi connectivity index (χ3n) is 5.28. The third kappa shape index (κ3) is 4.33. The molecule has 3 rings (SSSR count). The van der Waals surface area contributed by atoms with E-state index in [0.29, 0.717) is 10.6 Å². The average Bonchev–Trinajstić information content (AvgIpc) is 2.69. The zero-order valence-electron chi connectivity index (χ0n) is 15.4. The highest BCUT2D eigenvalue weighted by Crippen LogP contribution is 2.31. The fourth-order valence-corrected chi connectivity index (χ4v) is 4.01. The van der Waals surface area contributed by atoms with Crippen LogP contribution in [-0.2, 0) is 4.79 Å². The van der Waals surface area contributed by atoms with Gasteiger partial charge in [0, 0.05) is 22.2 Å². The van der Waals surface area contributed by atoms with Gasteiger partial charge in [-0.25, -0.2) is 4.79 Å². The molecule has 0 radical (unpaired) electrons. The maximum absolute atomic E-state index is 13.3. The lowest BCUT2D eigenvalue weighted by molar-refractivity contribution is -0.142. The van der Waals surface area contributed by atoms with Crippen molar-refractivity contribution in [2.24, 2.45) is 0 Å². The van der Waals surface area contributed by atoms with E-state index in [4.69, 9.17) is 11.6 Å². The Morgan fingerprint density at radius 1 is 1.07 bits per heavy atom. The van der Waals surface area contributed by atoms with Gasteiger partial charge in [-0.15, -0.1) is 0 Å². The second-order valence-corrected chi connectivity index (χ2v) is 7.49. The molecule has 142 valence electrons. The van der Waals surface area contributed by atoms with Crippen molar-refractivity contribution in [3.8, 4) is 11.1 Å². The lowest BCUT2D eigenvalue weighted by Crippen LogP contribution is -2.50. The van der Waals surface area contributed by atoms with Crippen LogP contribution in [0.2, 0.25) is 5.02 Å². The van der Waals surface area contributed by atoms with Crippen molar-refractivity contribution in [3.05, 3.63) is 59.1 Å². The minimum Gasteiger partial charge on any atom is -0.480 e. The molecule has 5 heteroatoms. The number of nitrogens with zero attached hydrogens (tertiary/aromatic N) is 1. The van der Waals surface area contributed by atoms with Gasteiger partial charge in [-0.05, 0) is 43.5 Å². The summed E-state index contributed by atoms with van der Waals surface area (Å²) >= 11 is 6.36. The molecule has 0 saturated heterocycles. The number of benzene rings is 2. The van der Waals surface area contributed by atoms with Crippen LogP contribution in [0.15, 0.2) is 48.5 Å². The molecule has 1 aliphatic rings. The molecule has 0 aromatic heterocycles. The molecule has 1 amide bonds. The fraction of sp³-hybridized carbons (Fsp3) is 0.364. The number of hydrogen-bond acceptors (Lipinski definition) is 2. The van der Waals surface area contributed by atoms with Crippen molar-refractivity contribution in [1.29, 1.82) is 0 Å². The summed E-state index contributed by atoms with van der Waals surface area (Å²) in [5.74, 6) is -1.23. The number of hydrogen-bond donors (Lipinski definition) is 1. The van der Waals surface area contributed by atoms with Crippen LogP contribution in [-0.4, -0.2) is 34.0 Å². The number of carbonyl (C=O) groups excluding carboxylic acids is 1. The molecule has 1 N–H and O–H groups in total. The van der Waals surface area contributed by atoms with E-state index in [9.17, 15) is 14.7 Å². The van der Waals surface area contributed by atoms with Gasteiger partial charge in [0.05, 0.1) is 0 Å². The highest BCUT2D eigenvalue weighted by molar-refractivity contribution is 6.33. The van der Waals surface area contributed by atoms with E-state index in [1.807, 2.05) is 30.3 Å². The van der Waals surface area contributed by atoms with E-state index in [1.165, 1.54) is 0 Å². The van der Waals surface area contributed by atoms with E-state index in [1.54, 1.807) is 30.0 Å². The van der Waals surface area contributed by atoms with Gasteiger partial charge in [-0.3, -0.25) is 4.79 Å². The van der Waals surface area contributed by atoms with E-state index < -0.39 is 12.0 Å². The Balaban J connectivity index is 1.97. The molecule has 27 heavy (non-hydrogen) atoms. The Labute approximate surface area is 164 Å². The number of carbonyl (C=O) groups is 2. The van der Waals surface area contributed by atoms with Crippen LogP contribution < -0.4 is 0 Å². The average molecular weight is 386 g/mol. The smallest absolute Gasteiger partial charge is 0.326 e. The lowest BCUT2D eigenvalue weighted by Gasteiger charge is -2.37. The minimum atomic E-state index is -0.980. The predicted molar refractivity (Wildman–Crippen MR) is 107 cm³/mol. The molecule has 1 fully saturated rings. The summed E-state index contributed by atoms with van der Waals surface area (Å²) in [6, 6.07) is 13.9. The number of halogens is 1. The van der Waals surface area contributed by atoms with E-state index in [0.717, 1.165) is 43.2 Å². The molecule has 0 heterocycles. The first kappa shape index (κ1) is 19.4. The molecule has 4 nitrogen and oxygen atoms in total. The largest absolute Gasteiger partial charge is 0.480 e. The van der Waals surface area contributed by atoms with Crippen LogP contribution in [0.25, 0.3) is 11.1 Å². The number of rotatable bonds is 5. The van der Waals surface area contributed by atoms with Gasteiger partial charge in [0.15, 0.2) is 0 Å². The molecular formula is C22H24ClNO3. The van der Waals surface area contributed by atoms with Crippen molar-refractivity contribution in [3.63, 3.8) is 0 Å².